The number of phosphoric acid groups is 2. The molecule has 5 rings (SSSR count). The number of hydrogen-bond acceptors (Lipinski definition) is 13. The first kappa shape index (κ1) is 27.7. The van der Waals surface area contributed by atoms with Gasteiger partial charge in [-0.1, -0.05) is 24.3 Å². The number of aliphatic hydroxyl groups is 4. The van der Waals surface area contributed by atoms with Crippen molar-refractivity contribution in [2.24, 2.45) is 0 Å². The summed E-state index contributed by atoms with van der Waals surface area (Å²) in [6, 6.07) is 10.2. The lowest BCUT2D eigenvalue weighted by molar-refractivity contribution is -0.293. The summed E-state index contributed by atoms with van der Waals surface area (Å²) in [5.74, 6) is 0.563. The summed E-state index contributed by atoms with van der Waals surface area (Å²) in [6.07, 6.45) is -10.8. The van der Waals surface area contributed by atoms with E-state index in [9.17, 15) is 29.6 Å². The monoisotopic (exact) mass is 574 g/mol. The molecule has 1 fully saturated rings. The fourth-order valence-corrected chi connectivity index (χ4v) is 6.76. The largest absolute Gasteiger partial charge is 0.532 e. The molecule has 2 unspecified atom stereocenters. The first-order valence-electron chi connectivity index (χ1n) is 11.7. The third-order valence-electron chi connectivity index (χ3n) is 6.51. The van der Waals surface area contributed by atoms with Crippen molar-refractivity contribution in [3.05, 3.63) is 58.7 Å². The van der Waals surface area contributed by atoms with Crippen LogP contribution in [0.5, 0.6) is 11.5 Å². The summed E-state index contributed by atoms with van der Waals surface area (Å²) >= 11 is 0. The number of phosphoric ester groups is 2. The Bertz CT molecular complexity index is 1290. The molecule has 208 valence electrons. The van der Waals surface area contributed by atoms with Crippen LogP contribution in [0.2, 0.25) is 0 Å². The molecule has 0 spiro atoms. The second kappa shape index (κ2) is 10.6. The zero-order valence-corrected chi connectivity index (χ0v) is 22.2. The number of fused-ring (bicyclic) bond motifs is 2. The molecule has 0 bridgehead atoms. The van der Waals surface area contributed by atoms with E-state index in [1.165, 1.54) is 0 Å². The van der Waals surface area contributed by atoms with Crippen molar-refractivity contribution in [2.75, 3.05) is 6.61 Å². The molecule has 0 aliphatic carbocycles. The molecule has 3 aliphatic heterocycles. The zero-order chi connectivity index (χ0) is 27.2. The highest BCUT2D eigenvalue weighted by atomic mass is 31.2. The molecule has 0 aromatic heterocycles. The Balaban J connectivity index is 1.25. The molecule has 0 amide bonds. The van der Waals surface area contributed by atoms with Crippen molar-refractivity contribution in [3.8, 4) is 11.5 Å². The Kier molecular flexibility index (Phi) is 7.73. The molecule has 38 heavy (non-hydrogen) atoms. The van der Waals surface area contributed by atoms with E-state index in [4.69, 9.17) is 31.9 Å². The quantitative estimate of drug-likeness (QED) is 0.369. The van der Waals surface area contributed by atoms with Crippen LogP contribution < -0.4 is 9.05 Å². The van der Waals surface area contributed by atoms with E-state index < -0.39 is 59.1 Å². The van der Waals surface area contributed by atoms with Gasteiger partial charge in [-0.2, -0.15) is 0 Å². The van der Waals surface area contributed by atoms with Crippen LogP contribution in [-0.2, 0) is 45.2 Å². The molecule has 2 aromatic rings. The van der Waals surface area contributed by atoms with Crippen molar-refractivity contribution in [1.29, 1.82) is 0 Å². The van der Waals surface area contributed by atoms with Gasteiger partial charge in [0.05, 0.1) is 19.8 Å². The van der Waals surface area contributed by atoms with Crippen molar-refractivity contribution in [2.45, 2.75) is 63.9 Å². The number of benzene rings is 2. The normalized spacial score (nSPS) is 35.4. The minimum atomic E-state index is -4.33. The molecule has 3 heterocycles. The average molecular weight is 574 g/mol. The molecule has 15 heteroatoms. The zero-order valence-electron chi connectivity index (χ0n) is 20.4. The van der Waals surface area contributed by atoms with Crippen molar-refractivity contribution in [3.63, 3.8) is 0 Å². The first-order chi connectivity index (χ1) is 18.0. The number of ether oxygens (including phenoxy) is 1. The lowest BCUT2D eigenvalue weighted by atomic mass is 9.96. The van der Waals surface area contributed by atoms with E-state index in [2.05, 4.69) is 0 Å². The Morgan fingerprint density at radius 1 is 0.868 bits per heavy atom. The van der Waals surface area contributed by atoms with Gasteiger partial charge in [0.2, 0.25) is 0 Å². The van der Waals surface area contributed by atoms with Gasteiger partial charge in [-0.3, -0.25) is 13.6 Å². The fraction of sp³-hybridized carbons (Fsp3) is 0.478. The predicted molar refractivity (Wildman–Crippen MR) is 128 cm³/mol. The lowest BCUT2D eigenvalue weighted by Crippen LogP contribution is -2.61. The topological polar surface area (TPSA) is 180 Å². The molecule has 8 atom stereocenters. The van der Waals surface area contributed by atoms with Gasteiger partial charge in [-0.25, -0.2) is 13.7 Å². The van der Waals surface area contributed by atoms with Crippen LogP contribution >= 0.6 is 15.6 Å². The molecule has 1 saturated heterocycles. The Hall–Kier alpha value is -1.86. The first-order valence-corrected chi connectivity index (χ1v) is 14.7. The van der Waals surface area contributed by atoms with Gasteiger partial charge >= 0.3 is 15.6 Å². The second-order valence-corrected chi connectivity index (χ2v) is 12.3. The predicted octanol–water partition coefficient (Wildman–Crippen LogP) is 2.24. The third-order valence-corrected chi connectivity index (χ3v) is 9.17. The second-order valence-electron chi connectivity index (χ2n) is 9.14. The standard InChI is InChI=1S/C23H28O13P2/c1-12-5-3-7-17-14(12)9-30-37(28,34-17)32-11-16(24)22-20(26)19(25)21(27)23(33-22)36-38(29)31-10-15-13(2)6-4-8-18(15)35-38/h3-8,16,19-27H,9-11H2,1-2H3/t16-,19+,20+,21+,22-,23-,37?,38?/m1/s1. The van der Waals surface area contributed by atoms with Gasteiger partial charge in [0, 0.05) is 11.1 Å². The Morgan fingerprint density at radius 2 is 1.42 bits per heavy atom. The van der Waals surface area contributed by atoms with E-state index in [-0.39, 0.29) is 19.0 Å². The van der Waals surface area contributed by atoms with Crippen LogP contribution in [0.3, 0.4) is 0 Å². The van der Waals surface area contributed by atoms with E-state index in [1.54, 1.807) is 24.3 Å². The van der Waals surface area contributed by atoms with Gasteiger partial charge in [0.15, 0.2) is 6.29 Å². The molecule has 0 saturated carbocycles. The molecule has 2 aromatic carbocycles. The van der Waals surface area contributed by atoms with Crippen LogP contribution in [-0.4, -0.2) is 63.8 Å². The number of hydrogen-bond donors (Lipinski definition) is 4. The molecule has 0 radical (unpaired) electrons. The number of aliphatic hydroxyl groups excluding tert-OH is 4. The van der Waals surface area contributed by atoms with Crippen LogP contribution in [0.25, 0.3) is 0 Å². The third kappa shape index (κ3) is 5.42. The molecule has 4 N–H and O–H groups in total. The minimum Gasteiger partial charge on any atom is -0.404 e. The van der Waals surface area contributed by atoms with Gasteiger partial charge < -0.3 is 34.2 Å². The maximum Gasteiger partial charge on any atom is 0.532 e. The van der Waals surface area contributed by atoms with E-state index in [1.807, 2.05) is 26.0 Å². The summed E-state index contributed by atoms with van der Waals surface area (Å²) in [5.41, 5.74) is 3.07. The smallest absolute Gasteiger partial charge is 0.404 e. The van der Waals surface area contributed by atoms with Gasteiger partial charge in [0.1, 0.15) is 42.0 Å². The van der Waals surface area contributed by atoms with E-state index in [0.29, 0.717) is 16.9 Å². The van der Waals surface area contributed by atoms with E-state index >= 15 is 0 Å². The molecule has 3 aliphatic rings. The van der Waals surface area contributed by atoms with Gasteiger partial charge in [0.25, 0.3) is 0 Å². The minimum absolute atomic E-state index is 0.0449. The van der Waals surface area contributed by atoms with Crippen LogP contribution in [0.15, 0.2) is 36.4 Å². The van der Waals surface area contributed by atoms with Gasteiger partial charge in [-0.05, 0) is 37.1 Å². The van der Waals surface area contributed by atoms with Crippen molar-refractivity contribution < 1.29 is 61.4 Å². The highest BCUT2D eigenvalue weighted by molar-refractivity contribution is 7.49. The highest BCUT2D eigenvalue weighted by Crippen LogP contribution is 2.57. The van der Waals surface area contributed by atoms with Gasteiger partial charge in [-0.15, -0.1) is 0 Å². The summed E-state index contributed by atoms with van der Waals surface area (Å²) in [4.78, 5) is 0. The lowest BCUT2D eigenvalue weighted by Gasteiger charge is -2.42. The summed E-state index contributed by atoms with van der Waals surface area (Å²) in [5, 5.41) is 41.8. The number of rotatable bonds is 6. The number of aryl methyl sites for hydroxylation is 2. The molecular formula is C23H28O13P2. The fourth-order valence-electron chi connectivity index (χ4n) is 4.26. The SMILES string of the molecule is Cc1cccc2c1COP(=O)(OC[C@@H](O)[C@H]1O[C@H](OP3(=O)OCc4c(C)cccc4O3)[C@@H](O)[C@@H](O)[C@@H]1O)O2. The van der Waals surface area contributed by atoms with Crippen LogP contribution in [0.1, 0.15) is 22.3 Å². The Labute approximate surface area is 218 Å². The average Bonchev–Trinajstić information content (AvgIpc) is 2.87. The van der Waals surface area contributed by atoms with E-state index in [0.717, 1.165) is 11.1 Å². The molecular weight excluding hydrogens is 546 g/mol. The molecule has 13 nitrogen and oxygen atoms in total. The van der Waals surface area contributed by atoms with Crippen LogP contribution in [0, 0.1) is 13.8 Å². The van der Waals surface area contributed by atoms with Crippen LogP contribution in [0.4, 0.5) is 0 Å². The summed E-state index contributed by atoms with van der Waals surface area (Å²) in [7, 11) is -8.47. The summed E-state index contributed by atoms with van der Waals surface area (Å²) in [6.45, 7) is 2.79. The highest BCUT2D eigenvalue weighted by Gasteiger charge is 2.51. The Morgan fingerprint density at radius 3 is 2.03 bits per heavy atom. The summed E-state index contributed by atoms with van der Waals surface area (Å²) < 4.78 is 63.4. The van der Waals surface area contributed by atoms with Crippen molar-refractivity contribution in [1.82, 2.24) is 0 Å². The van der Waals surface area contributed by atoms with Crippen molar-refractivity contribution >= 4 is 15.6 Å². The maximum atomic E-state index is 13.1. The maximum absolute atomic E-state index is 13.1.